The summed E-state index contributed by atoms with van der Waals surface area (Å²) in [5, 5.41) is 3.37. The molecule has 2 aromatic rings. The lowest BCUT2D eigenvalue weighted by Gasteiger charge is -2.05. The van der Waals surface area contributed by atoms with Gasteiger partial charge in [0.25, 0.3) is 0 Å². The highest BCUT2D eigenvalue weighted by molar-refractivity contribution is 7.97. The minimum Gasteiger partial charge on any atom is -0.463 e. The number of hydrogen-bond donors (Lipinski definition) is 1. The summed E-state index contributed by atoms with van der Waals surface area (Å²) in [6.07, 6.45) is 2.02. The first-order valence-electron chi connectivity index (χ1n) is 5.44. The molecule has 0 bridgehead atoms. The summed E-state index contributed by atoms with van der Waals surface area (Å²) in [6, 6.07) is 8.38. The number of halogens is 2. The summed E-state index contributed by atoms with van der Waals surface area (Å²) >= 11 is 7.38. The van der Waals surface area contributed by atoms with Crippen LogP contribution in [0.25, 0.3) is 0 Å². The highest BCUT2D eigenvalue weighted by Gasteiger charge is 2.05. The van der Waals surface area contributed by atoms with E-state index in [1.807, 2.05) is 18.4 Å². The van der Waals surface area contributed by atoms with Crippen LogP contribution in [0.15, 0.2) is 34.7 Å². The van der Waals surface area contributed by atoms with Gasteiger partial charge in [0.05, 0.1) is 18.0 Å². The smallest absolute Gasteiger partial charge is 0.147 e. The topological polar surface area (TPSA) is 25.2 Å². The van der Waals surface area contributed by atoms with Crippen molar-refractivity contribution < 1.29 is 8.81 Å². The molecular weight excluding hydrogens is 273 g/mol. The molecule has 0 amide bonds. The van der Waals surface area contributed by atoms with Crippen LogP contribution >= 0.6 is 23.4 Å². The van der Waals surface area contributed by atoms with Crippen molar-refractivity contribution in [2.45, 2.75) is 12.3 Å². The molecule has 0 unspecified atom stereocenters. The average molecular weight is 286 g/mol. The first kappa shape index (κ1) is 13.3. The molecular formula is C13H13ClFNOS. The lowest BCUT2D eigenvalue weighted by molar-refractivity contribution is 0.487. The molecule has 0 aliphatic heterocycles. The molecule has 1 heterocycles. The summed E-state index contributed by atoms with van der Waals surface area (Å²) in [6.45, 7) is 0.451. The van der Waals surface area contributed by atoms with Crippen LogP contribution in [0.1, 0.15) is 11.5 Å². The standard InChI is InChI=1S/C13H13ClFNOS/c1-18-8-11-4-3-10(17-11)7-16-13-5-2-9(14)6-12(13)15/h2-6,16H,7-8H2,1H3. The normalized spacial score (nSPS) is 10.6. The highest BCUT2D eigenvalue weighted by atomic mass is 35.5. The van der Waals surface area contributed by atoms with Crippen molar-refractivity contribution in [3.8, 4) is 0 Å². The molecule has 1 aromatic carbocycles. The second-order valence-corrected chi connectivity index (χ2v) is 5.08. The van der Waals surface area contributed by atoms with Crippen molar-refractivity contribution in [3.63, 3.8) is 0 Å². The minimum absolute atomic E-state index is 0.363. The Bertz CT molecular complexity index is 529. The fourth-order valence-electron chi connectivity index (χ4n) is 1.55. The van der Waals surface area contributed by atoms with Gasteiger partial charge in [-0.1, -0.05) is 11.6 Å². The van der Waals surface area contributed by atoms with Crippen LogP contribution in [0.5, 0.6) is 0 Å². The van der Waals surface area contributed by atoms with Gasteiger partial charge >= 0.3 is 0 Å². The van der Waals surface area contributed by atoms with E-state index < -0.39 is 0 Å². The largest absolute Gasteiger partial charge is 0.463 e. The van der Waals surface area contributed by atoms with E-state index in [1.165, 1.54) is 6.07 Å². The summed E-state index contributed by atoms with van der Waals surface area (Å²) in [7, 11) is 0. The third-order valence-electron chi connectivity index (χ3n) is 2.39. The molecule has 5 heteroatoms. The molecule has 2 nitrogen and oxygen atoms in total. The number of thioether (sulfide) groups is 1. The third kappa shape index (κ3) is 3.43. The van der Waals surface area contributed by atoms with Gasteiger partial charge in [-0.2, -0.15) is 11.8 Å². The Balaban J connectivity index is 1.97. The fourth-order valence-corrected chi connectivity index (χ4v) is 2.15. The Hall–Kier alpha value is -1.13. The van der Waals surface area contributed by atoms with E-state index in [2.05, 4.69) is 5.32 Å². The lowest BCUT2D eigenvalue weighted by atomic mass is 10.3. The molecule has 1 N–H and O–H groups in total. The van der Waals surface area contributed by atoms with Crippen LogP contribution in [0.2, 0.25) is 5.02 Å². The molecule has 18 heavy (non-hydrogen) atoms. The highest BCUT2D eigenvalue weighted by Crippen LogP contribution is 2.20. The van der Waals surface area contributed by atoms with Gasteiger partial charge in [0.15, 0.2) is 0 Å². The average Bonchev–Trinajstić information content (AvgIpc) is 2.76. The van der Waals surface area contributed by atoms with Gasteiger partial charge in [0, 0.05) is 5.02 Å². The van der Waals surface area contributed by atoms with E-state index in [4.69, 9.17) is 16.0 Å². The van der Waals surface area contributed by atoms with Crippen LogP contribution in [-0.4, -0.2) is 6.26 Å². The Morgan fingerprint density at radius 3 is 2.78 bits per heavy atom. The molecule has 0 aliphatic rings. The molecule has 1 aromatic heterocycles. The van der Waals surface area contributed by atoms with E-state index in [0.717, 1.165) is 17.3 Å². The first-order chi connectivity index (χ1) is 8.69. The zero-order chi connectivity index (χ0) is 13.0. The Morgan fingerprint density at radius 1 is 1.28 bits per heavy atom. The molecule has 0 aliphatic carbocycles. The zero-order valence-corrected chi connectivity index (χ0v) is 11.4. The number of furan rings is 1. The van der Waals surface area contributed by atoms with Gasteiger partial charge in [-0.3, -0.25) is 0 Å². The van der Waals surface area contributed by atoms with Crippen LogP contribution in [0.3, 0.4) is 0 Å². The molecule has 0 atom stereocenters. The number of rotatable bonds is 5. The summed E-state index contributed by atoms with van der Waals surface area (Å²) in [5.41, 5.74) is 0.419. The Kier molecular flexibility index (Phi) is 4.55. The molecule has 96 valence electrons. The second-order valence-electron chi connectivity index (χ2n) is 3.78. The predicted octanol–water partition coefficient (Wildman–Crippen LogP) is 4.55. The third-order valence-corrected chi connectivity index (χ3v) is 3.20. The van der Waals surface area contributed by atoms with Crippen LogP contribution in [0, 0.1) is 5.82 Å². The zero-order valence-electron chi connectivity index (χ0n) is 9.87. The molecule has 2 rings (SSSR count). The number of benzene rings is 1. The van der Waals surface area contributed by atoms with E-state index in [9.17, 15) is 4.39 Å². The molecule has 0 saturated carbocycles. The monoisotopic (exact) mass is 285 g/mol. The molecule has 0 saturated heterocycles. The van der Waals surface area contributed by atoms with Gasteiger partial charge in [-0.15, -0.1) is 0 Å². The summed E-state index contributed by atoms with van der Waals surface area (Å²) in [4.78, 5) is 0. The Morgan fingerprint density at radius 2 is 2.06 bits per heavy atom. The number of nitrogens with one attached hydrogen (secondary N) is 1. The van der Waals surface area contributed by atoms with Crippen molar-refractivity contribution in [2.75, 3.05) is 11.6 Å². The van der Waals surface area contributed by atoms with E-state index >= 15 is 0 Å². The number of anilines is 1. The lowest BCUT2D eigenvalue weighted by Crippen LogP contribution is -2.00. The van der Waals surface area contributed by atoms with Crippen LogP contribution in [0.4, 0.5) is 10.1 Å². The van der Waals surface area contributed by atoms with Gasteiger partial charge in [0.1, 0.15) is 17.3 Å². The van der Waals surface area contributed by atoms with Gasteiger partial charge in [-0.05, 0) is 36.6 Å². The fraction of sp³-hybridized carbons (Fsp3) is 0.231. The maximum absolute atomic E-state index is 13.5. The molecule has 0 radical (unpaired) electrons. The Labute approximate surface area is 115 Å². The quantitative estimate of drug-likeness (QED) is 0.872. The van der Waals surface area contributed by atoms with E-state index in [0.29, 0.717) is 17.3 Å². The summed E-state index contributed by atoms with van der Waals surface area (Å²) < 4.78 is 19.1. The first-order valence-corrected chi connectivity index (χ1v) is 7.21. The number of hydrogen-bond acceptors (Lipinski definition) is 3. The second kappa shape index (κ2) is 6.16. The van der Waals surface area contributed by atoms with Crippen molar-refractivity contribution >= 4 is 29.1 Å². The van der Waals surface area contributed by atoms with Crippen molar-refractivity contribution in [2.24, 2.45) is 0 Å². The van der Waals surface area contributed by atoms with Gasteiger partial charge in [-0.25, -0.2) is 4.39 Å². The molecule has 0 fully saturated rings. The van der Waals surface area contributed by atoms with Crippen LogP contribution in [-0.2, 0) is 12.3 Å². The maximum Gasteiger partial charge on any atom is 0.147 e. The predicted molar refractivity (Wildman–Crippen MR) is 74.7 cm³/mol. The minimum atomic E-state index is -0.363. The SMILES string of the molecule is CSCc1ccc(CNc2ccc(Cl)cc2F)o1. The van der Waals surface area contributed by atoms with E-state index in [1.54, 1.807) is 23.9 Å². The van der Waals surface area contributed by atoms with Gasteiger partial charge in [0.2, 0.25) is 0 Å². The van der Waals surface area contributed by atoms with Crippen molar-refractivity contribution in [3.05, 3.63) is 52.7 Å². The molecule has 0 spiro atoms. The van der Waals surface area contributed by atoms with Crippen molar-refractivity contribution in [1.82, 2.24) is 0 Å². The van der Waals surface area contributed by atoms with Crippen molar-refractivity contribution in [1.29, 1.82) is 0 Å². The maximum atomic E-state index is 13.5. The summed E-state index contributed by atoms with van der Waals surface area (Å²) in [5.74, 6) is 2.19. The van der Waals surface area contributed by atoms with E-state index in [-0.39, 0.29) is 5.82 Å². The van der Waals surface area contributed by atoms with Gasteiger partial charge < -0.3 is 9.73 Å². The van der Waals surface area contributed by atoms with Crippen LogP contribution < -0.4 is 5.32 Å².